The van der Waals surface area contributed by atoms with Crippen LogP contribution < -0.4 is 5.32 Å². The molecule has 2 aliphatic rings. The monoisotopic (exact) mass is 400 g/mol. The van der Waals surface area contributed by atoms with Crippen molar-refractivity contribution in [2.45, 2.75) is 71.5 Å². The molecular weight excluding hydrogens is 356 g/mol. The number of nitrogens with zero attached hydrogens (tertiary/aromatic N) is 1. The van der Waals surface area contributed by atoms with Crippen LogP contribution in [0.4, 0.5) is 0 Å². The molecule has 166 valence electrons. The highest BCUT2D eigenvalue weighted by Crippen LogP contribution is 2.19. The van der Waals surface area contributed by atoms with Gasteiger partial charge in [-0.2, -0.15) is 0 Å². The molecule has 2 saturated heterocycles. The summed E-state index contributed by atoms with van der Waals surface area (Å²) in [5.74, 6) is 1.34. The van der Waals surface area contributed by atoms with E-state index >= 15 is 0 Å². The SMILES string of the molecule is CCOC(=O)CCCCCN1CC[C@@H](C)[C@@H](OC)C1.CO[C@H]1CNCC[C@H]1C. The Hall–Kier alpha value is -0.690. The number of unbranched alkanes of at least 4 members (excludes halogenated alkanes) is 2. The minimum atomic E-state index is -0.0613. The number of likely N-dealkylation sites (tertiary alicyclic amines) is 1. The molecule has 0 bridgehead atoms. The van der Waals surface area contributed by atoms with Crippen LogP contribution in [0.25, 0.3) is 0 Å². The van der Waals surface area contributed by atoms with E-state index in [0.29, 0.717) is 31.2 Å². The number of carbonyl (C=O) groups excluding carboxylic acids is 1. The Morgan fingerprint density at radius 2 is 1.75 bits per heavy atom. The largest absolute Gasteiger partial charge is 0.466 e. The van der Waals surface area contributed by atoms with Crippen molar-refractivity contribution in [3.8, 4) is 0 Å². The molecule has 6 heteroatoms. The van der Waals surface area contributed by atoms with Gasteiger partial charge in [0.05, 0.1) is 18.8 Å². The predicted octanol–water partition coefficient (Wildman–Crippen LogP) is 3.10. The summed E-state index contributed by atoms with van der Waals surface area (Å²) in [6.45, 7) is 12.4. The number of rotatable bonds is 9. The summed E-state index contributed by atoms with van der Waals surface area (Å²) in [6.07, 6.45) is 7.06. The normalized spacial score (nSPS) is 28.3. The first-order valence-corrected chi connectivity index (χ1v) is 11.2. The molecule has 0 aromatic carbocycles. The van der Waals surface area contributed by atoms with Gasteiger partial charge in [0.25, 0.3) is 0 Å². The summed E-state index contributed by atoms with van der Waals surface area (Å²) in [5, 5.41) is 3.29. The van der Waals surface area contributed by atoms with Crippen molar-refractivity contribution in [1.82, 2.24) is 10.2 Å². The Kier molecular flexibility index (Phi) is 13.8. The number of hydrogen-bond acceptors (Lipinski definition) is 6. The third-order valence-corrected chi connectivity index (χ3v) is 6.00. The van der Waals surface area contributed by atoms with Crippen molar-refractivity contribution < 1.29 is 19.0 Å². The van der Waals surface area contributed by atoms with Crippen LogP contribution in [-0.4, -0.2) is 76.6 Å². The fraction of sp³-hybridized carbons (Fsp3) is 0.955. The molecule has 0 aliphatic carbocycles. The maximum absolute atomic E-state index is 11.2. The third kappa shape index (κ3) is 10.2. The summed E-state index contributed by atoms with van der Waals surface area (Å²) in [6, 6.07) is 0. The topological polar surface area (TPSA) is 60.0 Å². The Morgan fingerprint density at radius 1 is 1.04 bits per heavy atom. The molecule has 0 saturated carbocycles. The molecule has 0 spiro atoms. The summed E-state index contributed by atoms with van der Waals surface area (Å²) in [4.78, 5) is 13.7. The molecule has 2 rings (SSSR count). The van der Waals surface area contributed by atoms with Crippen LogP contribution in [-0.2, 0) is 19.0 Å². The van der Waals surface area contributed by atoms with E-state index < -0.39 is 0 Å². The number of nitrogens with one attached hydrogen (secondary N) is 1. The van der Waals surface area contributed by atoms with E-state index in [2.05, 4.69) is 24.1 Å². The van der Waals surface area contributed by atoms with Gasteiger partial charge in [-0.15, -0.1) is 0 Å². The molecule has 28 heavy (non-hydrogen) atoms. The van der Waals surface area contributed by atoms with Crippen molar-refractivity contribution >= 4 is 5.97 Å². The average molecular weight is 401 g/mol. The zero-order valence-corrected chi connectivity index (χ0v) is 18.9. The molecule has 2 fully saturated rings. The molecule has 0 amide bonds. The van der Waals surface area contributed by atoms with Crippen LogP contribution in [0.5, 0.6) is 0 Å². The van der Waals surface area contributed by atoms with Crippen LogP contribution in [0.3, 0.4) is 0 Å². The Labute approximate surface area is 172 Å². The lowest BCUT2D eigenvalue weighted by molar-refractivity contribution is -0.143. The van der Waals surface area contributed by atoms with Gasteiger partial charge in [-0.05, 0) is 64.1 Å². The predicted molar refractivity (Wildman–Crippen MR) is 114 cm³/mol. The van der Waals surface area contributed by atoms with Crippen molar-refractivity contribution in [2.75, 3.05) is 53.6 Å². The zero-order chi connectivity index (χ0) is 20.8. The van der Waals surface area contributed by atoms with Crippen molar-refractivity contribution in [3.05, 3.63) is 0 Å². The van der Waals surface area contributed by atoms with Crippen LogP contribution >= 0.6 is 0 Å². The molecule has 4 atom stereocenters. The maximum Gasteiger partial charge on any atom is 0.305 e. The van der Waals surface area contributed by atoms with Crippen LogP contribution in [0, 0.1) is 11.8 Å². The lowest BCUT2D eigenvalue weighted by atomic mass is 9.95. The van der Waals surface area contributed by atoms with Crippen LogP contribution in [0.2, 0.25) is 0 Å². The Balaban J connectivity index is 0.000000362. The van der Waals surface area contributed by atoms with E-state index in [4.69, 9.17) is 14.2 Å². The molecule has 0 radical (unpaired) electrons. The molecule has 2 aliphatic heterocycles. The van der Waals surface area contributed by atoms with E-state index in [1.165, 1.54) is 19.4 Å². The number of methoxy groups -OCH3 is 2. The zero-order valence-electron chi connectivity index (χ0n) is 18.9. The lowest BCUT2D eigenvalue weighted by Crippen LogP contribution is -2.44. The second-order valence-corrected chi connectivity index (χ2v) is 8.20. The van der Waals surface area contributed by atoms with E-state index in [-0.39, 0.29) is 5.97 Å². The number of carbonyl (C=O) groups is 1. The van der Waals surface area contributed by atoms with Gasteiger partial charge in [-0.1, -0.05) is 20.3 Å². The van der Waals surface area contributed by atoms with Gasteiger partial charge >= 0.3 is 5.97 Å². The summed E-state index contributed by atoms with van der Waals surface area (Å²) in [5.41, 5.74) is 0. The van der Waals surface area contributed by atoms with Gasteiger partial charge in [0.1, 0.15) is 0 Å². The van der Waals surface area contributed by atoms with Crippen molar-refractivity contribution in [3.63, 3.8) is 0 Å². The first-order valence-electron chi connectivity index (χ1n) is 11.2. The Bertz CT molecular complexity index is 408. The highest BCUT2D eigenvalue weighted by Gasteiger charge is 2.25. The second-order valence-electron chi connectivity index (χ2n) is 8.20. The molecule has 1 N–H and O–H groups in total. The fourth-order valence-corrected chi connectivity index (χ4v) is 3.90. The maximum atomic E-state index is 11.2. The molecule has 0 aromatic heterocycles. The Morgan fingerprint density at radius 3 is 2.36 bits per heavy atom. The van der Waals surface area contributed by atoms with Crippen molar-refractivity contribution in [1.29, 1.82) is 0 Å². The van der Waals surface area contributed by atoms with E-state index in [0.717, 1.165) is 51.4 Å². The second kappa shape index (κ2) is 15.2. The molecule has 6 nitrogen and oxygen atoms in total. The average Bonchev–Trinajstić information content (AvgIpc) is 2.70. The highest BCUT2D eigenvalue weighted by molar-refractivity contribution is 5.69. The summed E-state index contributed by atoms with van der Waals surface area (Å²) < 4.78 is 15.7. The van der Waals surface area contributed by atoms with Gasteiger partial charge in [0.15, 0.2) is 0 Å². The number of esters is 1. The molecule has 2 heterocycles. The van der Waals surface area contributed by atoms with E-state index in [9.17, 15) is 4.79 Å². The van der Waals surface area contributed by atoms with Gasteiger partial charge in [-0.25, -0.2) is 0 Å². The quantitative estimate of drug-likeness (QED) is 0.474. The number of hydrogen-bond donors (Lipinski definition) is 1. The van der Waals surface area contributed by atoms with Gasteiger partial charge < -0.3 is 24.4 Å². The molecular formula is C22H44N2O4. The number of piperidine rings is 2. The van der Waals surface area contributed by atoms with Gasteiger partial charge in [0, 0.05) is 33.7 Å². The van der Waals surface area contributed by atoms with E-state index in [1.807, 2.05) is 14.0 Å². The summed E-state index contributed by atoms with van der Waals surface area (Å²) in [7, 11) is 3.60. The minimum Gasteiger partial charge on any atom is -0.466 e. The third-order valence-electron chi connectivity index (χ3n) is 6.00. The fourth-order valence-electron chi connectivity index (χ4n) is 3.90. The van der Waals surface area contributed by atoms with Crippen LogP contribution in [0.15, 0.2) is 0 Å². The minimum absolute atomic E-state index is 0.0613. The first kappa shape index (κ1) is 25.3. The highest BCUT2D eigenvalue weighted by atomic mass is 16.5. The van der Waals surface area contributed by atoms with E-state index in [1.54, 1.807) is 7.11 Å². The first-order chi connectivity index (χ1) is 13.5. The molecule has 0 aromatic rings. The lowest BCUT2D eigenvalue weighted by Gasteiger charge is -2.36. The number of ether oxygens (including phenoxy) is 3. The smallest absolute Gasteiger partial charge is 0.305 e. The van der Waals surface area contributed by atoms with Gasteiger partial charge in [0.2, 0.25) is 0 Å². The van der Waals surface area contributed by atoms with Gasteiger partial charge in [-0.3, -0.25) is 4.79 Å². The van der Waals surface area contributed by atoms with Crippen molar-refractivity contribution in [2.24, 2.45) is 11.8 Å². The standard InChI is InChI=1S/C15H29NO3.C7H15NO/c1-4-19-15(17)8-6-5-7-10-16-11-9-13(2)14(12-16)18-3;1-6-3-4-8-5-7(6)9-2/h13-14H,4-12H2,1-3H3;6-8H,3-5H2,1-2H3/t13-,14+;6-,7+/m11/s1. The molecule has 0 unspecified atom stereocenters. The summed E-state index contributed by atoms with van der Waals surface area (Å²) >= 11 is 0. The van der Waals surface area contributed by atoms with Crippen LogP contribution in [0.1, 0.15) is 59.3 Å².